The number of H-pyrrole nitrogens is 1. The number of hydrogen-bond acceptors (Lipinski definition) is 7. The number of halogens is 4. The van der Waals surface area contributed by atoms with E-state index >= 15 is 4.39 Å². The minimum Gasteiger partial charge on any atom is -0.397 e. The van der Waals surface area contributed by atoms with Gasteiger partial charge in [-0.2, -0.15) is 9.07 Å². The summed E-state index contributed by atoms with van der Waals surface area (Å²) in [7, 11) is 0. The van der Waals surface area contributed by atoms with E-state index in [0.717, 1.165) is 0 Å². The Morgan fingerprint density at radius 2 is 1.98 bits per heavy atom. The van der Waals surface area contributed by atoms with E-state index in [4.69, 9.17) is 33.9 Å². The average Bonchev–Trinajstić information content (AvgIpc) is 3.67. The molecule has 0 saturated heterocycles. The lowest BCUT2D eigenvalue weighted by Gasteiger charge is -2.18. The van der Waals surface area contributed by atoms with Crippen LogP contribution in [0.1, 0.15) is 24.1 Å². The normalized spacial score (nSPS) is 16.3. The van der Waals surface area contributed by atoms with Gasteiger partial charge in [0, 0.05) is 28.6 Å². The Kier molecular flexibility index (Phi) is 6.43. The summed E-state index contributed by atoms with van der Waals surface area (Å²) in [5.74, 6) is -1.46. The summed E-state index contributed by atoms with van der Waals surface area (Å²) in [4.78, 5) is 25.3. The monoisotopic (exact) mass is 581 g/mol. The quantitative estimate of drug-likeness (QED) is 0.218. The number of aromatic nitrogens is 8. The first kappa shape index (κ1) is 25.8. The summed E-state index contributed by atoms with van der Waals surface area (Å²) < 4.78 is 32.9. The van der Waals surface area contributed by atoms with Crippen molar-refractivity contribution in [2.24, 2.45) is 5.92 Å². The van der Waals surface area contributed by atoms with Crippen LogP contribution in [0, 0.1) is 17.7 Å². The smallest absolute Gasteiger partial charge is 0.254 e. The van der Waals surface area contributed by atoms with Gasteiger partial charge in [0.15, 0.2) is 5.82 Å². The lowest BCUT2D eigenvalue weighted by Crippen LogP contribution is -2.27. The van der Waals surface area contributed by atoms with E-state index in [0.29, 0.717) is 40.6 Å². The molecule has 40 heavy (non-hydrogen) atoms. The first-order valence-electron chi connectivity index (χ1n) is 12.0. The van der Waals surface area contributed by atoms with Gasteiger partial charge in [0.05, 0.1) is 28.1 Å². The topological polar surface area (TPSA) is 133 Å². The van der Waals surface area contributed by atoms with E-state index < -0.39 is 17.8 Å². The summed E-state index contributed by atoms with van der Waals surface area (Å²) in [6.07, 6.45) is 3.99. The Bertz CT molecular complexity index is 1830. The molecule has 2 aromatic carbocycles. The molecule has 0 saturated carbocycles. The Balaban J connectivity index is 1.47. The fraction of sp³-hybridized carbons (Fsp3) is 0.154. The molecule has 3 N–H and O–H groups in total. The molecule has 0 amide bonds. The molecule has 0 fully saturated rings. The van der Waals surface area contributed by atoms with Crippen molar-refractivity contribution >= 4 is 28.9 Å². The van der Waals surface area contributed by atoms with E-state index in [2.05, 4.69) is 32.1 Å². The Morgan fingerprint density at radius 1 is 1.15 bits per heavy atom. The summed E-state index contributed by atoms with van der Waals surface area (Å²) in [5.41, 5.74) is 6.45. The molecule has 1 aliphatic heterocycles. The first-order chi connectivity index (χ1) is 19.3. The maximum Gasteiger partial charge on any atom is 0.254 e. The van der Waals surface area contributed by atoms with Gasteiger partial charge in [-0.15, -0.1) is 11.7 Å². The number of rotatable bonds is 6. The molecule has 10 nitrogen and oxygen atoms in total. The second kappa shape index (κ2) is 9.96. The largest absolute Gasteiger partial charge is 0.397 e. The first-order valence-corrected chi connectivity index (χ1v) is 12.8. The van der Waals surface area contributed by atoms with Gasteiger partial charge in [-0.1, -0.05) is 29.3 Å². The molecular weight excluding hydrogens is 563 g/mol. The molecular formula is C26H19Cl2F2N9O. The molecule has 0 unspecified atom stereocenters. The highest BCUT2D eigenvalue weighted by atomic mass is 35.5. The van der Waals surface area contributed by atoms with Crippen molar-refractivity contribution in [3.63, 3.8) is 0 Å². The van der Waals surface area contributed by atoms with E-state index in [1.54, 1.807) is 24.3 Å². The van der Waals surface area contributed by atoms with Crippen LogP contribution >= 0.6 is 23.2 Å². The number of allylic oxidation sites excluding steroid dienone is 1. The van der Waals surface area contributed by atoms with Crippen molar-refractivity contribution in [3.05, 3.63) is 99.2 Å². The number of benzene rings is 2. The Morgan fingerprint density at radius 3 is 2.73 bits per heavy atom. The van der Waals surface area contributed by atoms with Crippen LogP contribution < -0.4 is 11.3 Å². The van der Waals surface area contributed by atoms with E-state index in [1.165, 1.54) is 33.8 Å². The molecule has 14 heteroatoms. The molecule has 5 aromatic rings. The molecule has 0 aliphatic carbocycles. The molecule has 202 valence electrons. The lowest BCUT2D eigenvalue weighted by atomic mass is 9.95. The third kappa shape index (κ3) is 4.25. The highest BCUT2D eigenvalue weighted by Gasteiger charge is 2.38. The predicted octanol–water partition coefficient (Wildman–Crippen LogP) is 4.78. The third-order valence-corrected chi connectivity index (χ3v) is 7.45. The number of nitrogens with one attached hydrogen (secondary N) is 1. The molecule has 3 aromatic heterocycles. The number of nitrogens with zero attached hydrogens (tertiary/aromatic N) is 7. The van der Waals surface area contributed by atoms with E-state index in [1.807, 2.05) is 0 Å². The number of tetrazole rings is 1. The van der Waals surface area contributed by atoms with Crippen molar-refractivity contribution in [1.29, 1.82) is 0 Å². The average molecular weight is 582 g/mol. The van der Waals surface area contributed by atoms with Crippen LogP contribution in [0.3, 0.4) is 0 Å². The van der Waals surface area contributed by atoms with Crippen LogP contribution in [-0.4, -0.2) is 39.7 Å². The highest BCUT2D eigenvalue weighted by Crippen LogP contribution is 2.39. The van der Waals surface area contributed by atoms with Crippen LogP contribution in [0.5, 0.6) is 0 Å². The summed E-state index contributed by atoms with van der Waals surface area (Å²) in [6, 6.07) is 8.42. The van der Waals surface area contributed by atoms with Gasteiger partial charge in [-0.25, -0.2) is 14.4 Å². The van der Waals surface area contributed by atoms with Crippen LogP contribution in [-0.2, 0) is 6.42 Å². The summed E-state index contributed by atoms with van der Waals surface area (Å²) >= 11 is 12.2. The van der Waals surface area contributed by atoms with Crippen molar-refractivity contribution < 1.29 is 8.78 Å². The van der Waals surface area contributed by atoms with Gasteiger partial charge in [0.2, 0.25) is 5.95 Å². The number of fused-ring (bicyclic) bond motifs is 1. The summed E-state index contributed by atoms with van der Waals surface area (Å²) in [5, 5.41) is 11.4. The van der Waals surface area contributed by atoms with E-state index in [-0.39, 0.29) is 39.3 Å². The number of nitrogen functional groups attached to an aromatic ring is 1. The van der Waals surface area contributed by atoms with Crippen molar-refractivity contribution in [3.8, 4) is 28.2 Å². The second-order valence-electron chi connectivity index (χ2n) is 9.23. The van der Waals surface area contributed by atoms with Crippen molar-refractivity contribution in [2.45, 2.75) is 18.9 Å². The summed E-state index contributed by atoms with van der Waals surface area (Å²) in [6.45, 7) is 3.83. The second-order valence-corrected chi connectivity index (χ2v) is 10.0. The minimum atomic E-state index is -0.941. The number of nitrogens with two attached hydrogens (primary N) is 1. The van der Waals surface area contributed by atoms with Crippen LogP contribution in [0.2, 0.25) is 10.0 Å². The minimum absolute atomic E-state index is 0.0233. The highest BCUT2D eigenvalue weighted by molar-refractivity contribution is 6.33. The van der Waals surface area contributed by atoms with Gasteiger partial charge in [-0.3, -0.25) is 9.36 Å². The molecule has 2 atom stereocenters. The standard InChI is InChI=1S/C26H19Cl2F2N9O/c1-2-3-12-8-19-33-17(15-9-13(27)4-7-18(15)38-11-32-36-37-38)10-20(40)39(19)24(12)26-34-23(25(30)35-26)14-5-6-16(31)21(28)22(14)29/h2,4-7,9-12,24H,1,3,8,31H2,(H,34,35)/t12-,24-/m0/s1. The predicted molar refractivity (Wildman–Crippen MR) is 145 cm³/mol. The van der Waals surface area contributed by atoms with Crippen molar-refractivity contribution in [1.82, 2.24) is 39.7 Å². The van der Waals surface area contributed by atoms with Gasteiger partial charge in [0.1, 0.15) is 23.7 Å². The molecule has 0 bridgehead atoms. The fourth-order valence-electron chi connectivity index (χ4n) is 5.08. The Hall–Kier alpha value is -4.42. The zero-order valence-corrected chi connectivity index (χ0v) is 22.0. The van der Waals surface area contributed by atoms with Gasteiger partial charge in [-0.05, 0) is 53.1 Å². The van der Waals surface area contributed by atoms with Gasteiger partial charge in [0.25, 0.3) is 5.56 Å². The number of hydrogen-bond donors (Lipinski definition) is 2. The maximum atomic E-state index is 15.1. The maximum absolute atomic E-state index is 15.1. The Labute approximate surface area is 235 Å². The van der Waals surface area contributed by atoms with E-state index in [9.17, 15) is 9.18 Å². The van der Waals surface area contributed by atoms with Gasteiger partial charge >= 0.3 is 0 Å². The molecule has 1 aliphatic rings. The van der Waals surface area contributed by atoms with Crippen molar-refractivity contribution in [2.75, 3.05) is 5.73 Å². The van der Waals surface area contributed by atoms with Crippen LogP contribution in [0.4, 0.5) is 14.5 Å². The zero-order chi connectivity index (χ0) is 28.1. The van der Waals surface area contributed by atoms with Crippen LogP contribution in [0.15, 0.2) is 60.2 Å². The third-order valence-electron chi connectivity index (χ3n) is 6.83. The fourth-order valence-corrected chi connectivity index (χ4v) is 5.41. The zero-order valence-electron chi connectivity index (χ0n) is 20.5. The molecule has 4 heterocycles. The SMILES string of the molecule is C=CC[C@H]1Cc2nc(-c3cc(Cl)ccc3-n3cnnn3)cc(=O)n2[C@@H]1c1nc(F)c(-c2ccc(N)c(Cl)c2F)[nH]1. The van der Waals surface area contributed by atoms with Crippen LogP contribution in [0.25, 0.3) is 28.2 Å². The molecule has 6 rings (SSSR count). The number of imidazole rings is 1. The molecule has 0 spiro atoms. The number of aromatic amines is 1. The lowest BCUT2D eigenvalue weighted by molar-refractivity contribution is 0.418. The number of anilines is 1. The molecule has 0 radical (unpaired) electrons. The van der Waals surface area contributed by atoms with Gasteiger partial charge < -0.3 is 10.7 Å².